The average molecular weight is 282 g/mol. The van der Waals surface area contributed by atoms with Crippen molar-refractivity contribution in [3.63, 3.8) is 0 Å². The number of thiophene rings is 1. The fourth-order valence-electron chi connectivity index (χ4n) is 1.24. The van der Waals surface area contributed by atoms with Crippen LogP contribution in [-0.4, -0.2) is 20.3 Å². The van der Waals surface area contributed by atoms with Crippen LogP contribution in [-0.2, 0) is 10.0 Å². The van der Waals surface area contributed by atoms with E-state index >= 15 is 0 Å². The fourth-order valence-corrected chi connectivity index (χ4v) is 4.04. The fraction of sp³-hybridized carbons (Fsp3) is 0.600. The van der Waals surface area contributed by atoms with Crippen molar-refractivity contribution in [3.05, 3.63) is 17.0 Å². The Morgan fingerprint density at radius 1 is 1.50 bits per heavy atom. The largest absolute Gasteiger partial charge is 0.250 e. The first-order chi connectivity index (χ1) is 7.45. The summed E-state index contributed by atoms with van der Waals surface area (Å²) in [6.07, 6.45) is 1.77. The van der Waals surface area contributed by atoms with E-state index in [-0.39, 0.29) is 11.9 Å². The molecule has 0 radical (unpaired) electrons. The number of rotatable bonds is 6. The number of nitrogens with one attached hydrogen (secondary N) is 1. The van der Waals surface area contributed by atoms with E-state index in [9.17, 15) is 8.42 Å². The SMILES string of the molecule is CCCC(Cl)CNS(=O)(=O)c1ccc(C)s1. The molecule has 92 valence electrons. The molecule has 0 aliphatic rings. The summed E-state index contributed by atoms with van der Waals surface area (Å²) in [7, 11) is -3.37. The molecule has 1 N–H and O–H groups in total. The summed E-state index contributed by atoms with van der Waals surface area (Å²) >= 11 is 7.22. The summed E-state index contributed by atoms with van der Waals surface area (Å²) in [5, 5.41) is -0.138. The average Bonchev–Trinajstić information content (AvgIpc) is 2.63. The number of aryl methyl sites for hydroxylation is 1. The number of hydrogen-bond acceptors (Lipinski definition) is 3. The maximum Gasteiger partial charge on any atom is 0.250 e. The quantitative estimate of drug-likeness (QED) is 0.815. The molecule has 0 aromatic carbocycles. The van der Waals surface area contributed by atoms with Crippen LogP contribution >= 0.6 is 22.9 Å². The molecule has 0 fully saturated rings. The molecule has 0 bridgehead atoms. The molecule has 0 saturated carbocycles. The van der Waals surface area contributed by atoms with Crippen molar-refractivity contribution in [1.82, 2.24) is 4.72 Å². The molecule has 1 rings (SSSR count). The van der Waals surface area contributed by atoms with E-state index in [1.54, 1.807) is 12.1 Å². The molecule has 1 aromatic heterocycles. The third-order valence-electron chi connectivity index (χ3n) is 2.08. The third-order valence-corrected chi connectivity index (χ3v) is 5.37. The molecule has 1 unspecified atom stereocenters. The van der Waals surface area contributed by atoms with Gasteiger partial charge >= 0.3 is 0 Å². The molecule has 16 heavy (non-hydrogen) atoms. The zero-order valence-corrected chi connectivity index (χ0v) is 11.8. The smallest absolute Gasteiger partial charge is 0.209 e. The van der Waals surface area contributed by atoms with Gasteiger partial charge in [-0.15, -0.1) is 22.9 Å². The maximum absolute atomic E-state index is 11.8. The molecule has 3 nitrogen and oxygen atoms in total. The Hall–Kier alpha value is -0.100. The molecular weight excluding hydrogens is 266 g/mol. The van der Waals surface area contributed by atoms with E-state index in [2.05, 4.69) is 4.72 Å². The molecule has 0 amide bonds. The second-order valence-corrected chi connectivity index (χ2v) is 7.50. The minimum Gasteiger partial charge on any atom is -0.209 e. The Morgan fingerprint density at radius 3 is 2.69 bits per heavy atom. The molecule has 0 aliphatic heterocycles. The van der Waals surface area contributed by atoms with Gasteiger partial charge in [-0.2, -0.15) is 0 Å². The van der Waals surface area contributed by atoms with Gasteiger partial charge in [0.15, 0.2) is 0 Å². The molecular formula is C10H16ClNO2S2. The van der Waals surface area contributed by atoms with Crippen LogP contribution in [0.5, 0.6) is 0 Å². The van der Waals surface area contributed by atoms with Crippen LogP contribution in [0.4, 0.5) is 0 Å². The number of halogens is 1. The zero-order valence-electron chi connectivity index (χ0n) is 9.36. The summed E-state index contributed by atoms with van der Waals surface area (Å²) in [4.78, 5) is 0.983. The number of alkyl halides is 1. The van der Waals surface area contributed by atoms with E-state index in [0.717, 1.165) is 17.7 Å². The first-order valence-corrected chi connectivity index (χ1v) is 7.89. The van der Waals surface area contributed by atoms with Gasteiger partial charge in [0.25, 0.3) is 0 Å². The highest BCUT2D eigenvalue weighted by molar-refractivity contribution is 7.91. The second kappa shape index (κ2) is 6.00. The standard InChI is InChI=1S/C10H16ClNO2S2/c1-3-4-9(11)7-12-16(13,14)10-6-5-8(2)15-10/h5-6,9,12H,3-4,7H2,1-2H3. The molecule has 6 heteroatoms. The molecule has 1 atom stereocenters. The van der Waals surface area contributed by atoms with Gasteiger partial charge in [0.1, 0.15) is 4.21 Å². The predicted molar refractivity (Wildman–Crippen MR) is 68.8 cm³/mol. The van der Waals surface area contributed by atoms with Crippen molar-refractivity contribution in [1.29, 1.82) is 0 Å². The van der Waals surface area contributed by atoms with Crippen molar-refractivity contribution in [3.8, 4) is 0 Å². The van der Waals surface area contributed by atoms with E-state index in [0.29, 0.717) is 4.21 Å². The maximum atomic E-state index is 11.8. The molecule has 0 saturated heterocycles. The Balaban J connectivity index is 2.59. The lowest BCUT2D eigenvalue weighted by atomic mass is 10.2. The lowest BCUT2D eigenvalue weighted by molar-refractivity contribution is 0.579. The normalized spacial score (nSPS) is 13.9. The topological polar surface area (TPSA) is 46.2 Å². The Labute approximate surface area is 106 Å². The molecule has 1 heterocycles. The first-order valence-electron chi connectivity index (χ1n) is 5.16. The monoisotopic (exact) mass is 281 g/mol. The van der Waals surface area contributed by atoms with Crippen molar-refractivity contribution in [2.24, 2.45) is 0 Å². The molecule has 0 spiro atoms. The van der Waals surface area contributed by atoms with Gasteiger partial charge in [0, 0.05) is 16.8 Å². The van der Waals surface area contributed by atoms with Crippen molar-refractivity contribution in [2.45, 2.75) is 36.3 Å². The summed E-state index contributed by atoms with van der Waals surface area (Å²) in [6, 6.07) is 3.41. The van der Waals surface area contributed by atoms with Crippen LogP contribution in [0.15, 0.2) is 16.3 Å². The summed E-state index contributed by atoms with van der Waals surface area (Å²) in [5.41, 5.74) is 0. The van der Waals surface area contributed by atoms with Crippen molar-refractivity contribution >= 4 is 33.0 Å². The number of hydrogen-bond donors (Lipinski definition) is 1. The highest BCUT2D eigenvalue weighted by Crippen LogP contribution is 2.20. The predicted octanol–water partition coefficient (Wildman–Crippen LogP) is 2.74. The van der Waals surface area contributed by atoms with E-state index in [4.69, 9.17) is 11.6 Å². The lowest BCUT2D eigenvalue weighted by Gasteiger charge is -2.09. The third kappa shape index (κ3) is 4.05. The van der Waals surface area contributed by atoms with Gasteiger partial charge in [-0.1, -0.05) is 13.3 Å². The van der Waals surface area contributed by atoms with Gasteiger partial charge in [-0.05, 0) is 25.5 Å². The van der Waals surface area contributed by atoms with E-state index < -0.39 is 10.0 Å². The summed E-state index contributed by atoms with van der Waals surface area (Å²) in [5.74, 6) is 0. The molecule has 1 aromatic rings. The minimum atomic E-state index is -3.37. The van der Waals surface area contributed by atoms with Crippen LogP contribution in [0.2, 0.25) is 0 Å². The van der Waals surface area contributed by atoms with Crippen LogP contribution in [0.3, 0.4) is 0 Å². The van der Waals surface area contributed by atoms with Gasteiger partial charge in [0.05, 0.1) is 0 Å². The highest BCUT2D eigenvalue weighted by atomic mass is 35.5. The Morgan fingerprint density at radius 2 is 2.19 bits per heavy atom. The number of sulfonamides is 1. The van der Waals surface area contributed by atoms with Gasteiger partial charge < -0.3 is 0 Å². The zero-order chi connectivity index (χ0) is 12.2. The van der Waals surface area contributed by atoms with E-state index in [1.165, 1.54) is 11.3 Å². The van der Waals surface area contributed by atoms with Crippen LogP contribution in [0.1, 0.15) is 24.6 Å². The lowest BCUT2D eigenvalue weighted by Crippen LogP contribution is -2.29. The summed E-state index contributed by atoms with van der Waals surface area (Å²) in [6.45, 7) is 4.19. The van der Waals surface area contributed by atoms with E-state index in [1.807, 2.05) is 13.8 Å². The molecule has 0 aliphatic carbocycles. The Bertz CT molecular complexity index is 428. The van der Waals surface area contributed by atoms with Gasteiger partial charge in [-0.3, -0.25) is 0 Å². The minimum absolute atomic E-state index is 0.138. The van der Waals surface area contributed by atoms with Crippen molar-refractivity contribution < 1.29 is 8.42 Å². The van der Waals surface area contributed by atoms with Crippen LogP contribution in [0, 0.1) is 6.92 Å². The van der Waals surface area contributed by atoms with Crippen LogP contribution in [0.25, 0.3) is 0 Å². The van der Waals surface area contributed by atoms with Crippen molar-refractivity contribution in [2.75, 3.05) is 6.54 Å². The van der Waals surface area contributed by atoms with Crippen LogP contribution < -0.4 is 4.72 Å². The first kappa shape index (κ1) is 14.0. The second-order valence-electron chi connectivity index (χ2n) is 3.60. The highest BCUT2D eigenvalue weighted by Gasteiger charge is 2.17. The van der Waals surface area contributed by atoms with Gasteiger partial charge in [-0.25, -0.2) is 13.1 Å². The summed E-state index contributed by atoms with van der Waals surface area (Å²) < 4.78 is 26.5. The van der Waals surface area contributed by atoms with Gasteiger partial charge in [0.2, 0.25) is 10.0 Å². The Kier molecular flexibility index (Phi) is 5.24.